The quantitative estimate of drug-likeness (QED) is 0.318. The van der Waals surface area contributed by atoms with E-state index in [9.17, 15) is 18.4 Å². The largest absolute Gasteiger partial charge is 0.368 e. The van der Waals surface area contributed by atoms with Crippen molar-refractivity contribution in [1.29, 1.82) is 0 Å². The number of hydrogen-bond donors (Lipinski definition) is 3. The average molecular weight is 517 g/mol. The van der Waals surface area contributed by atoms with Gasteiger partial charge in [-0.2, -0.15) is 10.1 Å². The molecule has 192 valence electrons. The second kappa shape index (κ2) is 9.73. The second-order valence-corrected chi connectivity index (χ2v) is 8.41. The van der Waals surface area contributed by atoms with Gasteiger partial charge in [-0.25, -0.2) is 18.6 Å². The number of nitrogen functional groups attached to an aromatic ring is 1. The van der Waals surface area contributed by atoms with Gasteiger partial charge in [-0.3, -0.25) is 19.4 Å². The number of nitrogens with one attached hydrogen (secondary N) is 2. The van der Waals surface area contributed by atoms with Crippen molar-refractivity contribution in [2.45, 2.75) is 13.5 Å². The highest BCUT2D eigenvalue weighted by atomic mass is 19.1. The van der Waals surface area contributed by atoms with Crippen LogP contribution in [0.4, 0.5) is 31.0 Å². The Kier molecular flexibility index (Phi) is 6.29. The summed E-state index contributed by atoms with van der Waals surface area (Å²) < 4.78 is 31.6. The Morgan fingerprint density at radius 3 is 2.58 bits per heavy atom. The molecule has 3 heterocycles. The number of hydrogen-bond acceptors (Lipinski definition) is 6. The first kappa shape index (κ1) is 24.6. The third-order valence-electron chi connectivity index (χ3n) is 5.96. The molecule has 0 fully saturated rings. The number of benzene rings is 2. The van der Waals surface area contributed by atoms with E-state index in [4.69, 9.17) is 5.73 Å². The molecular formula is C26H22F2N8O2. The molecule has 4 N–H and O–H groups in total. The highest BCUT2D eigenvalue weighted by Gasteiger charge is 2.17. The van der Waals surface area contributed by atoms with Gasteiger partial charge in [0.05, 0.1) is 11.4 Å². The zero-order valence-electron chi connectivity index (χ0n) is 20.4. The lowest BCUT2D eigenvalue weighted by molar-refractivity contribution is 0.262. The van der Waals surface area contributed by atoms with E-state index in [0.29, 0.717) is 28.8 Å². The Labute approximate surface area is 214 Å². The number of aromatic nitrogens is 5. The number of rotatable bonds is 5. The lowest BCUT2D eigenvalue weighted by atomic mass is 10.0. The lowest BCUT2D eigenvalue weighted by Crippen LogP contribution is -2.23. The van der Waals surface area contributed by atoms with Crippen molar-refractivity contribution in [3.05, 3.63) is 82.8 Å². The maximum absolute atomic E-state index is 14.7. The van der Waals surface area contributed by atoms with E-state index in [1.165, 1.54) is 39.7 Å². The maximum atomic E-state index is 14.7. The first-order chi connectivity index (χ1) is 18.2. The number of carbonyl (C=O) groups excluding carboxylic acids is 1. The molecule has 2 aromatic carbocycles. The van der Waals surface area contributed by atoms with Crippen molar-refractivity contribution in [3.63, 3.8) is 0 Å². The predicted octanol–water partition coefficient (Wildman–Crippen LogP) is 4.38. The van der Waals surface area contributed by atoms with E-state index in [-0.39, 0.29) is 34.1 Å². The molecule has 0 saturated carbocycles. The zero-order valence-corrected chi connectivity index (χ0v) is 20.4. The molecule has 5 rings (SSSR count). The van der Waals surface area contributed by atoms with Gasteiger partial charge in [-0.15, -0.1) is 0 Å². The molecule has 0 radical (unpaired) electrons. The minimum Gasteiger partial charge on any atom is -0.368 e. The van der Waals surface area contributed by atoms with Crippen LogP contribution in [0.1, 0.15) is 6.92 Å². The Bertz CT molecular complexity index is 1760. The fourth-order valence-electron chi connectivity index (χ4n) is 4.12. The molecule has 0 aliphatic rings. The van der Waals surface area contributed by atoms with E-state index in [1.54, 1.807) is 38.2 Å². The van der Waals surface area contributed by atoms with Gasteiger partial charge in [0.15, 0.2) is 0 Å². The number of fused-ring (bicyclic) bond motifs is 1. The lowest BCUT2D eigenvalue weighted by Gasteiger charge is -2.13. The molecule has 0 atom stereocenters. The van der Waals surface area contributed by atoms with Gasteiger partial charge in [0.2, 0.25) is 5.95 Å². The van der Waals surface area contributed by atoms with Crippen LogP contribution in [0.5, 0.6) is 0 Å². The van der Waals surface area contributed by atoms with Crippen LogP contribution in [-0.4, -0.2) is 30.3 Å². The van der Waals surface area contributed by atoms with Crippen LogP contribution in [0.3, 0.4) is 0 Å². The number of nitrogens with zero attached hydrogens (tertiary/aromatic N) is 5. The zero-order chi connectivity index (χ0) is 27.0. The summed E-state index contributed by atoms with van der Waals surface area (Å²) in [6, 6.07) is 12.4. The van der Waals surface area contributed by atoms with Crippen molar-refractivity contribution >= 4 is 34.5 Å². The second-order valence-electron chi connectivity index (χ2n) is 8.41. The van der Waals surface area contributed by atoms with Crippen LogP contribution in [0, 0.1) is 11.6 Å². The third-order valence-corrected chi connectivity index (χ3v) is 5.96. The van der Waals surface area contributed by atoms with Crippen molar-refractivity contribution in [2.75, 3.05) is 16.4 Å². The van der Waals surface area contributed by atoms with Gasteiger partial charge in [-0.05, 0) is 42.8 Å². The van der Waals surface area contributed by atoms with Gasteiger partial charge in [0.25, 0.3) is 5.56 Å². The van der Waals surface area contributed by atoms with Crippen molar-refractivity contribution in [3.8, 4) is 22.4 Å². The van der Waals surface area contributed by atoms with E-state index >= 15 is 0 Å². The van der Waals surface area contributed by atoms with Crippen LogP contribution < -0.4 is 21.9 Å². The van der Waals surface area contributed by atoms with Gasteiger partial charge in [0.1, 0.15) is 23.1 Å². The Morgan fingerprint density at radius 2 is 1.82 bits per heavy atom. The minimum absolute atomic E-state index is 0.0422. The van der Waals surface area contributed by atoms with E-state index in [0.717, 1.165) is 6.07 Å². The fourth-order valence-corrected chi connectivity index (χ4v) is 4.12. The van der Waals surface area contributed by atoms with E-state index < -0.39 is 17.7 Å². The summed E-state index contributed by atoms with van der Waals surface area (Å²) in [5, 5.41) is 9.85. The van der Waals surface area contributed by atoms with E-state index in [2.05, 4.69) is 25.7 Å². The summed E-state index contributed by atoms with van der Waals surface area (Å²) in [4.78, 5) is 34.1. The van der Waals surface area contributed by atoms with Crippen LogP contribution in [0.15, 0.2) is 65.6 Å². The van der Waals surface area contributed by atoms with Crippen molar-refractivity contribution < 1.29 is 13.6 Å². The van der Waals surface area contributed by atoms with Crippen LogP contribution in [0.25, 0.3) is 33.4 Å². The summed E-state index contributed by atoms with van der Waals surface area (Å²) in [6.45, 7) is 2.12. The van der Waals surface area contributed by atoms with Crippen LogP contribution in [-0.2, 0) is 13.6 Å². The third kappa shape index (κ3) is 4.54. The van der Waals surface area contributed by atoms with Crippen molar-refractivity contribution in [2.24, 2.45) is 7.05 Å². The SMILES string of the molecule is CCn1c(=O)c(-c2ccc(F)c(NC(=O)Nc3cc(-c4ccccc4F)nn3C)c2)cc2cnc(N)nc21. The molecular weight excluding hydrogens is 494 g/mol. The summed E-state index contributed by atoms with van der Waals surface area (Å²) in [6.07, 6.45) is 1.51. The first-order valence-corrected chi connectivity index (χ1v) is 11.6. The molecule has 0 aliphatic heterocycles. The smallest absolute Gasteiger partial charge is 0.324 e. The number of aryl methyl sites for hydroxylation is 2. The van der Waals surface area contributed by atoms with Crippen LogP contribution in [0.2, 0.25) is 0 Å². The molecule has 38 heavy (non-hydrogen) atoms. The Balaban J connectivity index is 1.43. The first-order valence-electron chi connectivity index (χ1n) is 11.6. The molecule has 10 nitrogen and oxygen atoms in total. The number of carbonyl (C=O) groups is 1. The molecule has 12 heteroatoms. The summed E-state index contributed by atoms with van der Waals surface area (Å²) in [5.74, 6) is -0.850. The van der Waals surface area contributed by atoms with Crippen LogP contribution >= 0.6 is 0 Å². The highest BCUT2D eigenvalue weighted by Crippen LogP contribution is 2.27. The number of pyridine rings is 1. The number of anilines is 3. The van der Waals surface area contributed by atoms with E-state index in [1.807, 2.05) is 0 Å². The summed E-state index contributed by atoms with van der Waals surface area (Å²) >= 11 is 0. The molecule has 0 spiro atoms. The van der Waals surface area contributed by atoms with Crippen molar-refractivity contribution in [1.82, 2.24) is 24.3 Å². The molecule has 5 aromatic rings. The molecule has 2 amide bonds. The predicted molar refractivity (Wildman–Crippen MR) is 141 cm³/mol. The highest BCUT2D eigenvalue weighted by molar-refractivity contribution is 6.00. The summed E-state index contributed by atoms with van der Waals surface area (Å²) in [5.41, 5.74) is 6.83. The van der Waals surface area contributed by atoms with Gasteiger partial charge >= 0.3 is 6.03 Å². The minimum atomic E-state index is -0.752. The molecule has 3 aromatic heterocycles. The average Bonchev–Trinajstić information content (AvgIpc) is 3.25. The molecule has 0 bridgehead atoms. The van der Waals surface area contributed by atoms with Gasteiger partial charge < -0.3 is 11.1 Å². The summed E-state index contributed by atoms with van der Waals surface area (Å²) in [7, 11) is 1.58. The number of urea groups is 1. The Morgan fingerprint density at radius 1 is 1.03 bits per heavy atom. The number of amides is 2. The number of nitrogens with two attached hydrogens (primary N) is 1. The Hall–Kier alpha value is -5.13. The molecule has 0 saturated heterocycles. The number of halogens is 2. The molecule has 0 unspecified atom stereocenters. The topological polar surface area (TPSA) is 133 Å². The monoisotopic (exact) mass is 516 g/mol. The van der Waals surface area contributed by atoms with Gasteiger partial charge in [-0.1, -0.05) is 18.2 Å². The standard InChI is InChI=1S/C26H22F2N8O2/c1-3-36-23-15(13-30-25(29)33-23)10-17(24(36)37)14-8-9-19(28)21(11-14)31-26(38)32-22-12-20(34-35(22)2)16-6-4-5-7-18(16)27/h4-13H,3H2,1-2H3,(H2,29,30,33)(H2,31,32,38). The normalized spacial score (nSPS) is 11.1. The fraction of sp³-hybridized carbons (Fsp3) is 0.115. The van der Waals surface area contributed by atoms with Gasteiger partial charge in [0, 0.05) is 42.4 Å². The maximum Gasteiger partial charge on any atom is 0.324 e. The molecule has 0 aliphatic carbocycles.